The van der Waals surface area contributed by atoms with Crippen LogP contribution in [0.1, 0.15) is 32.1 Å². The van der Waals surface area contributed by atoms with Crippen LogP contribution in [0.25, 0.3) is 0 Å². The van der Waals surface area contributed by atoms with E-state index in [0.717, 1.165) is 25.7 Å². The van der Waals surface area contributed by atoms with E-state index < -0.39 is 10.0 Å². The first kappa shape index (κ1) is 16.3. The molecule has 1 aromatic rings. The lowest BCUT2D eigenvalue weighted by atomic mass is 9.96. The van der Waals surface area contributed by atoms with Gasteiger partial charge in [0, 0.05) is 27.7 Å². The van der Waals surface area contributed by atoms with Crippen molar-refractivity contribution in [2.45, 2.75) is 43.0 Å². The highest BCUT2D eigenvalue weighted by Gasteiger charge is 2.32. The second kappa shape index (κ2) is 6.34. The Morgan fingerprint density at radius 1 is 1.15 bits per heavy atom. The first-order valence-electron chi connectivity index (χ1n) is 6.56. The second-order valence-electron chi connectivity index (χ2n) is 5.13. The number of sulfonamides is 1. The van der Waals surface area contributed by atoms with Crippen LogP contribution in [-0.4, -0.2) is 25.8 Å². The molecule has 0 atom stereocenters. The molecule has 0 radical (unpaired) electrons. The Kier molecular flexibility index (Phi) is 5.15. The summed E-state index contributed by atoms with van der Waals surface area (Å²) in [5.41, 5.74) is 6.24. The molecule has 0 aromatic heterocycles. The lowest BCUT2D eigenvalue weighted by Crippen LogP contribution is -2.38. The average molecular weight is 426 g/mol. The number of nitrogen functional groups attached to an aromatic ring is 1. The van der Waals surface area contributed by atoms with Gasteiger partial charge in [-0.2, -0.15) is 4.31 Å². The van der Waals surface area contributed by atoms with Crippen molar-refractivity contribution in [3.63, 3.8) is 0 Å². The van der Waals surface area contributed by atoms with Gasteiger partial charge in [0.15, 0.2) is 0 Å². The molecule has 4 nitrogen and oxygen atoms in total. The van der Waals surface area contributed by atoms with Crippen LogP contribution in [-0.2, 0) is 10.0 Å². The first-order valence-corrected chi connectivity index (χ1v) is 9.59. The molecule has 1 aliphatic carbocycles. The fourth-order valence-electron chi connectivity index (χ4n) is 2.61. The van der Waals surface area contributed by atoms with Crippen molar-refractivity contribution in [3.05, 3.63) is 21.1 Å². The SMILES string of the molecule is CN(C1CCCCC1)S(=O)(=O)c1c(Br)cc(N)cc1Br. The Morgan fingerprint density at radius 3 is 2.15 bits per heavy atom. The van der Waals surface area contributed by atoms with Gasteiger partial charge in [0.2, 0.25) is 10.0 Å². The molecule has 0 spiro atoms. The van der Waals surface area contributed by atoms with Gasteiger partial charge in [-0.3, -0.25) is 0 Å². The van der Waals surface area contributed by atoms with Gasteiger partial charge in [-0.25, -0.2) is 8.42 Å². The molecule has 1 fully saturated rings. The Hall–Kier alpha value is -0.110. The smallest absolute Gasteiger partial charge is 0.245 e. The Labute approximate surface area is 137 Å². The summed E-state index contributed by atoms with van der Waals surface area (Å²) in [7, 11) is -1.87. The van der Waals surface area contributed by atoms with E-state index in [1.54, 1.807) is 19.2 Å². The summed E-state index contributed by atoms with van der Waals surface area (Å²) in [6.45, 7) is 0. The van der Waals surface area contributed by atoms with Gasteiger partial charge in [0.05, 0.1) is 0 Å². The molecule has 0 unspecified atom stereocenters. The van der Waals surface area contributed by atoms with Crippen LogP contribution < -0.4 is 5.73 Å². The average Bonchev–Trinajstić information content (AvgIpc) is 2.37. The van der Waals surface area contributed by atoms with Gasteiger partial charge >= 0.3 is 0 Å². The first-order chi connectivity index (χ1) is 9.34. The van der Waals surface area contributed by atoms with Gasteiger partial charge in [0.25, 0.3) is 0 Å². The highest BCUT2D eigenvalue weighted by Crippen LogP contribution is 2.36. The Balaban J connectivity index is 2.39. The standard InChI is InChI=1S/C13H18Br2N2O2S/c1-17(10-5-3-2-4-6-10)20(18,19)13-11(14)7-9(16)8-12(13)15/h7-8,10H,2-6,16H2,1H3. The summed E-state index contributed by atoms with van der Waals surface area (Å²) in [5.74, 6) is 0. The normalized spacial score (nSPS) is 17.6. The third kappa shape index (κ3) is 3.21. The number of anilines is 1. The number of hydrogen-bond acceptors (Lipinski definition) is 3. The van der Waals surface area contributed by atoms with Gasteiger partial charge in [-0.15, -0.1) is 0 Å². The Morgan fingerprint density at radius 2 is 1.65 bits per heavy atom. The zero-order valence-electron chi connectivity index (χ0n) is 11.3. The number of rotatable bonds is 3. The molecule has 1 aromatic carbocycles. The molecule has 0 aliphatic heterocycles. The van der Waals surface area contributed by atoms with E-state index in [2.05, 4.69) is 31.9 Å². The van der Waals surface area contributed by atoms with Gasteiger partial charge in [-0.05, 0) is 56.8 Å². The molecule has 1 aliphatic rings. The predicted molar refractivity (Wildman–Crippen MR) is 88.1 cm³/mol. The molecule has 1 saturated carbocycles. The van der Waals surface area contributed by atoms with Crippen LogP contribution in [0, 0.1) is 0 Å². The van der Waals surface area contributed by atoms with E-state index in [1.165, 1.54) is 10.7 Å². The number of hydrogen-bond donors (Lipinski definition) is 1. The largest absolute Gasteiger partial charge is 0.399 e. The summed E-state index contributed by atoms with van der Waals surface area (Å²) >= 11 is 6.62. The maximum absolute atomic E-state index is 12.8. The molecule has 0 bridgehead atoms. The molecule has 7 heteroatoms. The quantitative estimate of drug-likeness (QED) is 0.750. The van der Waals surface area contributed by atoms with Crippen molar-refractivity contribution in [2.24, 2.45) is 0 Å². The minimum absolute atomic E-state index is 0.0881. The molecule has 20 heavy (non-hydrogen) atoms. The third-order valence-electron chi connectivity index (χ3n) is 3.75. The summed E-state index contributed by atoms with van der Waals surface area (Å²) in [4.78, 5) is 0.250. The van der Waals surface area contributed by atoms with E-state index in [-0.39, 0.29) is 10.9 Å². The molecule has 2 N–H and O–H groups in total. The molecule has 2 rings (SSSR count). The van der Waals surface area contributed by atoms with E-state index in [4.69, 9.17) is 5.73 Å². The van der Waals surface area contributed by atoms with Crippen molar-refractivity contribution < 1.29 is 8.42 Å². The fraction of sp³-hybridized carbons (Fsp3) is 0.538. The molecule has 112 valence electrons. The van der Waals surface area contributed by atoms with Gasteiger partial charge in [0.1, 0.15) is 4.90 Å². The van der Waals surface area contributed by atoms with Crippen LogP contribution in [0.4, 0.5) is 5.69 Å². The molecular formula is C13H18Br2N2O2S. The molecule has 0 heterocycles. The van der Waals surface area contributed by atoms with Crippen molar-refractivity contribution in [1.29, 1.82) is 0 Å². The minimum Gasteiger partial charge on any atom is -0.399 e. The van der Waals surface area contributed by atoms with Crippen molar-refractivity contribution >= 4 is 47.6 Å². The lowest BCUT2D eigenvalue weighted by molar-refractivity contribution is 0.285. The zero-order valence-corrected chi connectivity index (χ0v) is 15.3. The highest BCUT2D eigenvalue weighted by molar-refractivity contribution is 9.11. The van der Waals surface area contributed by atoms with Gasteiger partial charge in [-0.1, -0.05) is 19.3 Å². The fourth-order valence-corrected chi connectivity index (χ4v) is 6.56. The monoisotopic (exact) mass is 424 g/mol. The summed E-state index contributed by atoms with van der Waals surface area (Å²) in [5, 5.41) is 0. The van der Waals surface area contributed by atoms with Crippen molar-refractivity contribution in [3.8, 4) is 0 Å². The van der Waals surface area contributed by atoms with Crippen LogP contribution in [0.3, 0.4) is 0 Å². The van der Waals surface area contributed by atoms with E-state index in [9.17, 15) is 8.42 Å². The lowest BCUT2D eigenvalue weighted by Gasteiger charge is -2.31. The van der Waals surface area contributed by atoms with Crippen LogP contribution in [0.15, 0.2) is 26.0 Å². The summed E-state index contributed by atoms with van der Waals surface area (Å²) in [6, 6.07) is 3.32. The number of nitrogens with two attached hydrogens (primary N) is 1. The van der Waals surface area contributed by atoms with Crippen LogP contribution in [0.5, 0.6) is 0 Å². The van der Waals surface area contributed by atoms with E-state index in [0.29, 0.717) is 14.6 Å². The molecular weight excluding hydrogens is 408 g/mol. The number of benzene rings is 1. The minimum atomic E-state index is -3.53. The number of nitrogens with zero attached hydrogens (tertiary/aromatic N) is 1. The third-order valence-corrected chi connectivity index (χ3v) is 7.53. The maximum Gasteiger partial charge on any atom is 0.245 e. The molecule has 0 saturated heterocycles. The zero-order chi connectivity index (χ0) is 14.9. The predicted octanol–water partition coefficient (Wildman–Crippen LogP) is 3.75. The summed E-state index contributed by atoms with van der Waals surface area (Å²) < 4.78 is 28.1. The molecule has 0 amide bonds. The Bertz CT molecular complexity index is 575. The van der Waals surface area contributed by atoms with E-state index >= 15 is 0 Å². The second-order valence-corrected chi connectivity index (χ2v) is 8.77. The van der Waals surface area contributed by atoms with Crippen molar-refractivity contribution in [1.82, 2.24) is 4.31 Å². The van der Waals surface area contributed by atoms with E-state index in [1.807, 2.05) is 0 Å². The van der Waals surface area contributed by atoms with Gasteiger partial charge < -0.3 is 5.73 Å². The van der Waals surface area contributed by atoms with Crippen molar-refractivity contribution in [2.75, 3.05) is 12.8 Å². The topological polar surface area (TPSA) is 63.4 Å². The van der Waals surface area contributed by atoms with Crippen LogP contribution in [0.2, 0.25) is 0 Å². The highest BCUT2D eigenvalue weighted by atomic mass is 79.9. The summed E-state index contributed by atoms with van der Waals surface area (Å²) in [6.07, 6.45) is 5.24. The van der Waals surface area contributed by atoms with Crippen LogP contribution >= 0.6 is 31.9 Å². The maximum atomic E-state index is 12.8. The number of halogens is 2.